The van der Waals surface area contributed by atoms with Gasteiger partial charge in [0.25, 0.3) is 0 Å². The van der Waals surface area contributed by atoms with Crippen LogP contribution in [0.3, 0.4) is 0 Å². The molecule has 9 N–H and O–H groups in total. The zero-order valence-electron chi connectivity index (χ0n) is 51.2. The number of amides is 1. The van der Waals surface area contributed by atoms with Gasteiger partial charge in [-0.3, -0.25) is 4.79 Å². The van der Waals surface area contributed by atoms with Gasteiger partial charge < -0.3 is 65.1 Å². The standard InChI is InChI=1S/C68H119NO13/c1-3-5-7-9-11-13-15-17-19-21-23-25-27-28-30-32-34-36-38-40-42-44-46-48-50-52-60(73)69-56(55-79-67-65(78)63(76)66(59(54-71)81-67)82-68-64(77)62(75)61(74)58(53-70)80-68)57(72)51-49-47-45-43-41-39-37-35-33-31-29-26-24-22-20-18-16-14-12-10-8-6-4-2/h5,7,11,13,17,19,23,25,28,30,34,36,49,51,56-59,61-68,70-72,74-78H,3-4,6,8-10,12,14-16,18,20-22,24,26-27,29,31-33,35,37-48,50,52-55H2,1-2H3,(H,69,73)/b7-5-,13-11-,19-17-,25-23-,30-28-,36-34-,51-49+. The molecule has 0 bridgehead atoms. The van der Waals surface area contributed by atoms with Gasteiger partial charge in [-0.2, -0.15) is 0 Å². The van der Waals surface area contributed by atoms with Crippen molar-refractivity contribution >= 4 is 5.91 Å². The number of carbonyl (C=O) groups is 1. The number of rotatable bonds is 52. The van der Waals surface area contributed by atoms with Gasteiger partial charge in [-0.05, 0) is 70.6 Å². The van der Waals surface area contributed by atoms with Crippen molar-refractivity contribution in [1.29, 1.82) is 0 Å². The summed E-state index contributed by atoms with van der Waals surface area (Å²) in [6, 6.07) is -0.930. The van der Waals surface area contributed by atoms with Crippen LogP contribution in [0.2, 0.25) is 0 Å². The SMILES string of the molecule is CC/C=C\C/C=C\C/C=C\C/C=C\C/C=C\C/C=C\CCCCCCCCC(=O)NC(COC1OC(CO)C(OC2OC(CO)C(O)C(O)C2O)C(O)C1O)C(O)/C=C/CCCCCCCCCCCCCCCCCCCCCCC. The number of aliphatic hydroxyl groups excluding tert-OH is 8. The first-order valence-electron chi connectivity index (χ1n) is 32.8. The van der Waals surface area contributed by atoms with Gasteiger partial charge in [-0.15, -0.1) is 0 Å². The molecule has 2 rings (SSSR count). The highest BCUT2D eigenvalue weighted by Gasteiger charge is 2.51. The van der Waals surface area contributed by atoms with E-state index in [1.807, 2.05) is 6.08 Å². The number of carbonyl (C=O) groups excluding carboxylic acids is 1. The maximum atomic E-state index is 13.3. The van der Waals surface area contributed by atoms with Crippen LogP contribution < -0.4 is 5.32 Å². The topological polar surface area (TPSA) is 228 Å². The summed E-state index contributed by atoms with van der Waals surface area (Å²) >= 11 is 0. The highest BCUT2D eigenvalue weighted by molar-refractivity contribution is 5.76. The molecular formula is C68H119NO13. The summed E-state index contributed by atoms with van der Waals surface area (Å²) in [5.74, 6) is -0.255. The third kappa shape index (κ3) is 36.9. The van der Waals surface area contributed by atoms with Crippen LogP contribution in [0.1, 0.15) is 245 Å². The second-order valence-corrected chi connectivity index (χ2v) is 22.9. The molecule has 1 amide bonds. The van der Waals surface area contributed by atoms with E-state index in [0.29, 0.717) is 6.42 Å². The molecule has 2 fully saturated rings. The minimum Gasteiger partial charge on any atom is -0.394 e. The van der Waals surface area contributed by atoms with Gasteiger partial charge in [0.05, 0.1) is 32.0 Å². The molecule has 0 spiro atoms. The largest absolute Gasteiger partial charge is 0.394 e. The monoisotopic (exact) mass is 1160 g/mol. The lowest BCUT2D eigenvalue weighted by atomic mass is 9.97. The molecule has 474 valence electrons. The summed E-state index contributed by atoms with van der Waals surface area (Å²) in [6.07, 6.45) is 54.7. The van der Waals surface area contributed by atoms with E-state index in [1.165, 1.54) is 122 Å². The quantitative estimate of drug-likeness (QED) is 0.0204. The Kier molecular flexibility index (Phi) is 48.2. The summed E-state index contributed by atoms with van der Waals surface area (Å²) in [5.41, 5.74) is 0. The highest BCUT2D eigenvalue weighted by atomic mass is 16.7. The van der Waals surface area contributed by atoms with E-state index in [4.69, 9.17) is 18.9 Å². The molecule has 2 saturated heterocycles. The van der Waals surface area contributed by atoms with E-state index in [-0.39, 0.29) is 18.9 Å². The Morgan fingerprint density at radius 1 is 0.451 bits per heavy atom. The van der Waals surface area contributed by atoms with Crippen molar-refractivity contribution < 1.29 is 64.6 Å². The number of unbranched alkanes of at least 4 members (excludes halogenated alkanes) is 27. The summed E-state index contributed by atoms with van der Waals surface area (Å²) in [4.78, 5) is 13.3. The second-order valence-electron chi connectivity index (χ2n) is 22.9. The lowest BCUT2D eigenvalue weighted by Crippen LogP contribution is -2.65. The van der Waals surface area contributed by atoms with Crippen molar-refractivity contribution in [2.45, 2.75) is 319 Å². The lowest BCUT2D eigenvalue weighted by Gasteiger charge is -2.46. The first kappa shape index (κ1) is 75.3. The molecule has 14 nitrogen and oxygen atoms in total. The van der Waals surface area contributed by atoms with Crippen molar-refractivity contribution in [3.8, 4) is 0 Å². The summed E-state index contributed by atoms with van der Waals surface area (Å²) in [6.45, 7) is 2.69. The molecule has 2 aliphatic heterocycles. The van der Waals surface area contributed by atoms with Gasteiger partial charge in [-0.1, -0.05) is 253 Å². The molecule has 0 aromatic rings. The smallest absolute Gasteiger partial charge is 0.220 e. The molecule has 0 aliphatic carbocycles. The number of aliphatic hydroxyl groups is 8. The Morgan fingerprint density at radius 3 is 1.29 bits per heavy atom. The van der Waals surface area contributed by atoms with Crippen molar-refractivity contribution in [2.24, 2.45) is 0 Å². The molecule has 0 aromatic carbocycles. The third-order valence-corrected chi connectivity index (χ3v) is 15.6. The molecule has 0 aromatic heterocycles. The van der Waals surface area contributed by atoms with Gasteiger partial charge in [0.1, 0.15) is 48.8 Å². The van der Waals surface area contributed by atoms with E-state index in [0.717, 1.165) is 96.3 Å². The average molecular weight is 1160 g/mol. The van der Waals surface area contributed by atoms with Crippen molar-refractivity contribution in [1.82, 2.24) is 5.32 Å². The summed E-state index contributed by atoms with van der Waals surface area (Å²) in [7, 11) is 0. The Labute approximate surface area is 497 Å². The lowest BCUT2D eigenvalue weighted by molar-refractivity contribution is -0.359. The Balaban J connectivity index is 1.74. The normalized spacial score (nSPS) is 24.5. The van der Waals surface area contributed by atoms with Crippen LogP contribution in [0.25, 0.3) is 0 Å². The van der Waals surface area contributed by atoms with Crippen LogP contribution in [0.5, 0.6) is 0 Å². The predicted molar refractivity (Wildman–Crippen MR) is 332 cm³/mol. The molecule has 2 aliphatic rings. The minimum absolute atomic E-state index is 0.255. The molecule has 2 heterocycles. The molecule has 0 radical (unpaired) electrons. The van der Waals surface area contributed by atoms with Crippen LogP contribution in [-0.2, 0) is 23.7 Å². The molecule has 12 atom stereocenters. The molecular weight excluding hydrogens is 1040 g/mol. The number of hydrogen-bond donors (Lipinski definition) is 9. The Hall–Kier alpha value is -2.83. The van der Waals surface area contributed by atoms with Crippen LogP contribution >= 0.6 is 0 Å². The number of nitrogens with one attached hydrogen (secondary N) is 1. The predicted octanol–water partition coefficient (Wildman–Crippen LogP) is 12.4. The third-order valence-electron chi connectivity index (χ3n) is 15.6. The van der Waals surface area contributed by atoms with Gasteiger partial charge in [0.2, 0.25) is 5.91 Å². The average Bonchev–Trinajstić information content (AvgIpc) is 3.56. The Morgan fingerprint density at radius 2 is 0.841 bits per heavy atom. The highest BCUT2D eigenvalue weighted by Crippen LogP contribution is 2.30. The van der Waals surface area contributed by atoms with Crippen LogP contribution in [-0.4, -0.2) is 140 Å². The van der Waals surface area contributed by atoms with E-state index in [1.54, 1.807) is 6.08 Å². The number of ether oxygens (including phenoxy) is 4. The van der Waals surface area contributed by atoms with Gasteiger partial charge in [0.15, 0.2) is 12.6 Å². The van der Waals surface area contributed by atoms with Crippen LogP contribution in [0.15, 0.2) is 85.1 Å². The van der Waals surface area contributed by atoms with Crippen molar-refractivity contribution in [3.05, 3.63) is 85.1 Å². The number of allylic oxidation sites excluding steroid dienone is 13. The fourth-order valence-corrected chi connectivity index (χ4v) is 10.4. The van der Waals surface area contributed by atoms with E-state index in [2.05, 4.69) is 92.1 Å². The van der Waals surface area contributed by atoms with Crippen molar-refractivity contribution in [2.75, 3.05) is 19.8 Å². The maximum absolute atomic E-state index is 13.3. The minimum atomic E-state index is -1.79. The fourth-order valence-electron chi connectivity index (χ4n) is 10.4. The van der Waals surface area contributed by atoms with E-state index >= 15 is 0 Å². The van der Waals surface area contributed by atoms with Crippen molar-refractivity contribution in [3.63, 3.8) is 0 Å². The van der Waals surface area contributed by atoms with Gasteiger partial charge >= 0.3 is 0 Å². The van der Waals surface area contributed by atoms with E-state index in [9.17, 15) is 45.6 Å². The van der Waals surface area contributed by atoms with Crippen LogP contribution in [0.4, 0.5) is 0 Å². The first-order chi connectivity index (χ1) is 40.1. The van der Waals surface area contributed by atoms with E-state index < -0.39 is 86.8 Å². The Bertz CT molecular complexity index is 1700. The zero-order valence-corrected chi connectivity index (χ0v) is 51.2. The molecule has 0 saturated carbocycles. The molecule has 82 heavy (non-hydrogen) atoms. The molecule has 14 heteroatoms. The van der Waals surface area contributed by atoms with Gasteiger partial charge in [-0.25, -0.2) is 0 Å². The van der Waals surface area contributed by atoms with Gasteiger partial charge in [0, 0.05) is 6.42 Å². The summed E-state index contributed by atoms with van der Waals surface area (Å²) < 4.78 is 22.8. The second kappa shape index (κ2) is 52.5. The van der Waals surface area contributed by atoms with Crippen LogP contribution in [0, 0.1) is 0 Å². The zero-order chi connectivity index (χ0) is 59.5. The first-order valence-corrected chi connectivity index (χ1v) is 32.8. The fraction of sp³-hybridized carbons (Fsp3) is 0.779. The summed E-state index contributed by atoms with van der Waals surface area (Å²) in [5, 5.41) is 87.3. The maximum Gasteiger partial charge on any atom is 0.220 e. The molecule has 12 unspecified atom stereocenters. The number of hydrogen-bond acceptors (Lipinski definition) is 13.